The highest BCUT2D eigenvalue weighted by molar-refractivity contribution is 5.79. The summed E-state index contributed by atoms with van der Waals surface area (Å²) in [5.41, 5.74) is 1.09. The quantitative estimate of drug-likeness (QED) is 0.418. The summed E-state index contributed by atoms with van der Waals surface area (Å²) in [5, 5.41) is 6.59. The summed E-state index contributed by atoms with van der Waals surface area (Å²) in [6.45, 7) is 7.91. The van der Waals surface area contributed by atoms with Gasteiger partial charge in [0.1, 0.15) is 5.82 Å². The van der Waals surface area contributed by atoms with E-state index in [4.69, 9.17) is 9.73 Å². The molecule has 0 heterocycles. The summed E-state index contributed by atoms with van der Waals surface area (Å²) in [6, 6.07) is 6.93. The van der Waals surface area contributed by atoms with Gasteiger partial charge in [0.2, 0.25) is 0 Å². The van der Waals surface area contributed by atoms with E-state index in [-0.39, 0.29) is 11.2 Å². The molecule has 0 amide bonds. The fourth-order valence-corrected chi connectivity index (χ4v) is 2.60. The lowest BCUT2D eigenvalue weighted by Crippen LogP contribution is -2.38. The van der Waals surface area contributed by atoms with Crippen LogP contribution < -0.4 is 10.6 Å². The molecule has 0 bridgehead atoms. The molecule has 1 fully saturated rings. The molecule has 0 aromatic heterocycles. The Bertz CT molecular complexity index is 515. The van der Waals surface area contributed by atoms with E-state index in [1.54, 1.807) is 12.1 Å². The van der Waals surface area contributed by atoms with Crippen LogP contribution in [0.15, 0.2) is 29.3 Å². The molecule has 0 spiro atoms. The van der Waals surface area contributed by atoms with Gasteiger partial charge in [0.05, 0.1) is 6.54 Å². The van der Waals surface area contributed by atoms with Crippen LogP contribution in [-0.2, 0) is 10.2 Å². The van der Waals surface area contributed by atoms with E-state index >= 15 is 0 Å². The minimum absolute atomic E-state index is 0.0236. The standard InChI is InChI=1S/C18H28FN3O/c1-3-20-17(21-11-6-12-23-4-2)22-14-18(9-10-18)15-7-5-8-16(19)13-15/h5,7-8,13H,3-4,6,9-12,14H2,1-2H3,(H2,20,21,22). The van der Waals surface area contributed by atoms with Gasteiger partial charge in [0.15, 0.2) is 5.96 Å². The van der Waals surface area contributed by atoms with Crippen molar-refractivity contribution in [3.05, 3.63) is 35.6 Å². The van der Waals surface area contributed by atoms with E-state index < -0.39 is 0 Å². The second-order valence-electron chi connectivity index (χ2n) is 5.96. The number of ether oxygens (including phenoxy) is 1. The van der Waals surface area contributed by atoms with E-state index in [9.17, 15) is 4.39 Å². The Morgan fingerprint density at radius 1 is 1.30 bits per heavy atom. The smallest absolute Gasteiger partial charge is 0.191 e. The number of guanidine groups is 1. The van der Waals surface area contributed by atoms with Gasteiger partial charge in [-0.2, -0.15) is 0 Å². The normalized spacial score (nSPS) is 16.2. The zero-order chi connectivity index (χ0) is 16.5. The fourth-order valence-electron chi connectivity index (χ4n) is 2.60. The van der Waals surface area contributed by atoms with Gasteiger partial charge in [-0.3, -0.25) is 4.99 Å². The topological polar surface area (TPSA) is 45.7 Å². The van der Waals surface area contributed by atoms with Crippen LogP contribution in [0.1, 0.15) is 38.7 Å². The molecule has 0 atom stereocenters. The van der Waals surface area contributed by atoms with E-state index in [0.29, 0.717) is 6.54 Å². The predicted molar refractivity (Wildman–Crippen MR) is 92.4 cm³/mol. The minimum atomic E-state index is -0.168. The van der Waals surface area contributed by atoms with E-state index in [0.717, 1.165) is 57.1 Å². The van der Waals surface area contributed by atoms with Gasteiger partial charge >= 0.3 is 0 Å². The highest BCUT2D eigenvalue weighted by atomic mass is 19.1. The molecule has 5 heteroatoms. The largest absolute Gasteiger partial charge is 0.382 e. The first-order chi connectivity index (χ1) is 11.2. The first-order valence-electron chi connectivity index (χ1n) is 8.56. The van der Waals surface area contributed by atoms with Gasteiger partial charge in [0, 0.05) is 31.7 Å². The second kappa shape index (κ2) is 8.87. The van der Waals surface area contributed by atoms with Gasteiger partial charge in [-0.1, -0.05) is 12.1 Å². The zero-order valence-electron chi connectivity index (χ0n) is 14.2. The Balaban J connectivity index is 1.89. The average molecular weight is 321 g/mol. The van der Waals surface area contributed by atoms with Crippen molar-refractivity contribution in [3.8, 4) is 0 Å². The van der Waals surface area contributed by atoms with Crippen LogP contribution in [0.3, 0.4) is 0 Å². The van der Waals surface area contributed by atoms with Crippen LogP contribution in [0.4, 0.5) is 4.39 Å². The summed E-state index contributed by atoms with van der Waals surface area (Å²) in [7, 11) is 0. The van der Waals surface area contributed by atoms with Crippen molar-refractivity contribution >= 4 is 5.96 Å². The molecular formula is C18H28FN3O. The van der Waals surface area contributed by atoms with Crippen LogP contribution >= 0.6 is 0 Å². The SMILES string of the molecule is CCNC(=NCC1(c2cccc(F)c2)CC1)NCCCOCC. The van der Waals surface area contributed by atoms with Crippen molar-refractivity contribution < 1.29 is 9.13 Å². The van der Waals surface area contributed by atoms with Crippen molar-refractivity contribution in [2.24, 2.45) is 4.99 Å². The summed E-state index contributed by atoms with van der Waals surface area (Å²) in [4.78, 5) is 4.70. The number of rotatable bonds is 9. The number of nitrogens with zero attached hydrogens (tertiary/aromatic N) is 1. The molecule has 1 aliphatic rings. The number of aliphatic imine (C=N–C) groups is 1. The Morgan fingerprint density at radius 2 is 2.13 bits per heavy atom. The van der Waals surface area contributed by atoms with E-state index in [1.165, 1.54) is 6.07 Å². The number of hydrogen-bond donors (Lipinski definition) is 2. The van der Waals surface area contributed by atoms with Gasteiger partial charge in [-0.25, -0.2) is 4.39 Å². The number of nitrogens with one attached hydrogen (secondary N) is 2. The molecule has 128 valence electrons. The third-order valence-electron chi connectivity index (χ3n) is 4.14. The maximum absolute atomic E-state index is 13.4. The summed E-state index contributed by atoms with van der Waals surface area (Å²) in [6.07, 6.45) is 3.10. The zero-order valence-corrected chi connectivity index (χ0v) is 14.2. The number of hydrogen-bond acceptors (Lipinski definition) is 2. The minimum Gasteiger partial charge on any atom is -0.382 e. The van der Waals surface area contributed by atoms with Crippen molar-refractivity contribution in [2.45, 2.75) is 38.5 Å². The molecule has 1 saturated carbocycles. The number of halogens is 1. The Hall–Kier alpha value is -1.62. The van der Waals surface area contributed by atoms with Crippen molar-refractivity contribution in [2.75, 3.05) is 32.8 Å². The Kier molecular flexibility index (Phi) is 6.84. The van der Waals surface area contributed by atoms with Gasteiger partial charge in [-0.15, -0.1) is 0 Å². The lowest BCUT2D eigenvalue weighted by Gasteiger charge is -2.16. The van der Waals surface area contributed by atoms with Crippen LogP contribution in [0.25, 0.3) is 0 Å². The molecule has 1 aliphatic carbocycles. The molecule has 23 heavy (non-hydrogen) atoms. The summed E-state index contributed by atoms with van der Waals surface area (Å²) < 4.78 is 18.8. The van der Waals surface area contributed by atoms with Crippen molar-refractivity contribution in [1.82, 2.24) is 10.6 Å². The molecule has 1 aromatic rings. The van der Waals surface area contributed by atoms with Gasteiger partial charge < -0.3 is 15.4 Å². The molecule has 0 unspecified atom stereocenters. The highest BCUT2D eigenvalue weighted by Crippen LogP contribution is 2.48. The van der Waals surface area contributed by atoms with Crippen LogP contribution in [-0.4, -0.2) is 38.8 Å². The monoisotopic (exact) mass is 321 g/mol. The predicted octanol–water partition coefficient (Wildman–Crippen LogP) is 2.84. The first kappa shape index (κ1) is 17.7. The molecular weight excluding hydrogens is 293 g/mol. The van der Waals surface area contributed by atoms with Crippen molar-refractivity contribution in [1.29, 1.82) is 0 Å². The Morgan fingerprint density at radius 3 is 2.78 bits per heavy atom. The Labute approximate surface area is 138 Å². The van der Waals surface area contributed by atoms with Gasteiger partial charge in [0.25, 0.3) is 0 Å². The average Bonchev–Trinajstić information content (AvgIpc) is 3.33. The highest BCUT2D eigenvalue weighted by Gasteiger charge is 2.44. The lowest BCUT2D eigenvalue weighted by molar-refractivity contribution is 0.145. The van der Waals surface area contributed by atoms with E-state index in [1.807, 2.05) is 13.0 Å². The third-order valence-corrected chi connectivity index (χ3v) is 4.14. The summed E-state index contributed by atoms with van der Waals surface area (Å²) in [5.74, 6) is 0.658. The van der Waals surface area contributed by atoms with Gasteiger partial charge in [-0.05, 0) is 50.8 Å². The molecule has 2 N–H and O–H groups in total. The van der Waals surface area contributed by atoms with Crippen LogP contribution in [0, 0.1) is 5.82 Å². The molecule has 1 aromatic carbocycles. The van der Waals surface area contributed by atoms with Crippen LogP contribution in [0.2, 0.25) is 0 Å². The maximum Gasteiger partial charge on any atom is 0.191 e. The second-order valence-corrected chi connectivity index (χ2v) is 5.96. The molecule has 0 saturated heterocycles. The molecule has 0 radical (unpaired) electrons. The molecule has 4 nitrogen and oxygen atoms in total. The van der Waals surface area contributed by atoms with Crippen molar-refractivity contribution in [3.63, 3.8) is 0 Å². The first-order valence-corrected chi connectivity index (χ1v) is 8.56. The maximum atomic E-state index is 13.4. The molecule has 0 aliphatic heterocycles. The van der Waals surface area contributed by atoms with Crippen LogP contribution in [0.5, 0.6) is 0 Å². The number of benzene rings is 1. The third kappa shape index (κ3) is 5.50. The fraction of sp³-hybridized carbons (Fsp3) is 0.611. The molecule has 2 rings (SSSR count). The lowest BCUT2D eigenvalue weighted by atomic mass is 9.96. The summed E-state index contributed by atoms with van der Waals surface area (Å²) >= 11 is 0. The van der Waals surface area contributed by atoms with E-state index in [2.05, 4.69) is 17.6 Å².